The maximum atomic E-state index is 5.19. The van der Waals surface area contributed by atoms with E-state index in [1.807, 2.05) is 26.9 Å². The molecule has 0 N–H and O–H groups in total. The van der Waals surface area contributed by atoms with Crippen molar-refractivity contribution < 1.29 is 9.47 Å². The maximum absolute atomic E-state index is 5.19. The van der Waals surface area contributed by atoms with Gasteiger partial charge in [-0.1, -0.05) is 0 Å². The third kappa shape index (κ3) is 1.55. The van der Waals surface area contributed by atoms with Crippen molar-refractivity contribution in [3.8, 4) is 11.5 Å². The largest absolute Gasteiger partial charge is 0.497 e. The van der Waals surface area contributed by atoms with E-state index in [0.29, 0.717) is 0 Å². The Morgan fingerprint density at radius 3 is 1.83 bits per heavy atom. The number of methoxy groups -OCH3 is 2. The molecular weight excluding hydrogens is 151 g/mol. The summed E-state index contributed by atoms with van der Waals surface area (Å²) in [6.07, 6.45) is 0. The Hall–Kier alpha value is -1.12. The highest BCUT2D eigenvalue weighted by atomic mass is 16.5. The van der Waals surface area contributed by atoms with Crippen molar-refractivity contribution in [3.63, 3.8) is 0 Å². The summed E-state index contributed by atoms with van der Waals surface area (Å²) in [7, 11) is 5.32. The van der Waals surface area contributed by atoms with Crippen LogP contribution in [0.1, 0.15) is 5.56 Å². The molecule has 0 unspecified atom stereocenters. The first-order valence-corrected chi connectivity index (χ1v) is 3.88. The van der Waals surface area contributed by atoms with E-state index >= 15 is 0 Å². The highest BCUT2D eigenvalue weighted by molar-refractivity contribution is 6.36. The van der Waals surface area contributed by atoms with Crippen LogP contribution in [0.4, 0.5) is 0 Å². The van der Waals surface area contributed by atoms with E-state index in [0.717, 1.165) is 22.5 Å². The molecule has 0 heterocycles. The summed E-state index contributed by atoms with van der Waals surface area (Å²) in [6, 6.07) is 4.00. The zero-order valence-electron chi connectivity index (χ0n) is 7.97. The second-order valence-corrected chi connectivity index (χ2v) is 2.79. The van der Waals surface area contributed by atoms with Crippen molar-refractivity contribution in [2.45, 2.75) is 6.92 Å². The normalized spacial score (nSPS) is 9.58. The van der Waals surface area contributed by atoms with Gasteiger partial charge in [-0.15, -0.1) is 0 Å². The topological polar surface area (TPSA) is 18.5 Å². The first-order chi connectivity index (χ1) is 5.69. The lowest BCUT2D eigenvalue weighted by Gasteiger charge is -2.10. The average Bonchev–Trinajstić information content (AvgIpc) is 2.08. The van der Waals surface area contributed by atoms with Crippen LogP contribution < -0.4 is 14.9 Å². The summed E-state index contributed by atoms with van der Waals surface area (Å²) >= 11 is 0. The standard InChI is InChI=1S/C9H13BO2/c1-6-4-7(11-2)9(10)8(5-6)12-3/h4-5H,10H2,1-3H3. The van der Waals surface area contributed by atoms with E-state index in [4.69, 9.17) is 9.47 Å². The summed E-state index contributed by atoms with van der Waals surface area (Å²) in [5.74, 6) is 1.76. The van der Waals surface area contributed by atoms with Crippen LogP contribution in [0.15, 0.2) is 12.1 Å². The highest BCUT2D eigenvalue weighted by Gasteiger charge is 2.04. The van der Waals surface area contributed by atoms with Crippen molar-refractivity contribution in [1.82, 2.24) is 0 Å². The number of aryl methyl sites for hydroxylation is 1. The minimum absolute atomic E-state index is 0.881. The fourth-order valence-corrected chi connectivity index (χ4v) is 1.22. The van der Waals surface area contributed by atoms with Gasteiger partial charge in [-0.25, -0.2) is 0 Å². The third-order valence-corrected chi connectivity index (χ3v) is 1.90. The molecule has 1 aromatic rings. The lowest BCUT2D eigenvalue weighted by molar-refractivity contribution is 0.400. The van der Waals surface area contributed by atoms with Gasteiger partial charge in [-0.3, -0.25) is 0 Å². The molecule has 1 aromatic carbocycles. The van der Waals surface area contributed by atoms with E-state index in [-0.39, 0.29) is 0 Å². The Bertz CT molecular complexity index is 259. The molecule has 0 bridgehead atoms. The molecule has 12 heavy (non-hydrogen) atoms. The quantitative estimate of drug-likeness (QED) is 0.584. The maximum Gasteiger partial charge on any atom is 0.149 e. The number of hydrogen-bond donors (Lipinski definition) is 0. The van der Waals surface area contributed by atoms with E-state index in [1.54, 1.807) is 14.2 Å². The first-order valence-electron chi connectivity index (χ1n) is 3.88. The molecule has 0 aliphatic rings. The van der Waals surface area contributed by atoms with Gasteiger partial charge in [0.2, 0.25) is 0 Å². The van der Waals surface area contributed by atoms with Crippen LogP contribution in [0.5, 0.6) is 11.5 Å². The average molecular weight is 164 g/mol. The van der Waals surface area contributed by atoms with Gasteiger partial charge in [-0.05, 0) is 30.1 Å². The molecule has 0 aromatic heterocycles. The predicted molar refractivity (Wildman–Crippen MR) is 52.5 cm³/mol. The molecule has 0 fully saturated rings. The SMILES string of the molecule is Bc1c(OC)cc(C)cc1OC. The lowest BCUT2D eigenvalue weighted by Crippen LogP contribution is -2.11. The first kappa shape index (κ1) is 8.98. The monoisotopic (exact) mass is 164 g/mol. The second kappa shape index (κ2) is 3.52. The lowest BCUT2D eigenvalue weighted by atomic mass is 9.92. The Labute approximate surface area is 73.9 Å². The number of ether oxygens (including phenoxy) is 2. The van der Waals surface area contributed by atoms with Crippen molar-refractivity contribution in [2.75, 3.05) is 14.2 Å². The minimum atomic E-state index is 0.881. The number of hydrogen-bond acceptors (Lipinski definition) is 2. The van der Waals surface area contributed by atoms with Gasteiger partial charge in [-0.2, -0.15) is 0 Å². The van der Waals surface area contributed by atoms with Gasteiger partial charge in [0.05, 0.1) is 14.2 Å². The van der Waals surface area contributed by atoms with Crippen molar-refractivity contribution in [3.05, 3.63) is 17.7 Å². The molecule has 0 atom stereocenters. The Kier molecular flexibility index (Phi) is 2.63. The summed E-state index contributed by atoms with van der Waals surface area (Å²) in [6.45, 7) is 2.02. The molecule has 0 spiro atoms. The zero-order valence-corrected chi connectivity index (χ0v) is 7.97. The van der Waals surface area contributed by atoms with Crippen LogP contribution in [-0.4, -0.2) is 22.1 Å². The van der Waals surface area contributed by atoms with Crippen LogP contribution in [0.2, 0.25) is 0 Å². The van der Waals surface area contributed by atoms with E-state index in [1.165, 1.54) is 0 Å². The fourth-order valence-electron chi connectivity index (χ4n) is 1.22. The molecule has 0 aliphatic carbocycles. The molecule has 0 aliphatic heterocycles. The molecule has 0 radical (unpaired) electrons. The van der Waals surface area contributed by atoms with E-state index < -0.39 is 0 Å². The highest BCUT2D eigenvalue weighted by Crippen LogP contribution is 2.17. The summed E-state index contributed by atoms with van der Waals surface area (Å²) < 4.78 is 10.4. The zero-order chi connectivity index (χ0) is 9.14. The third-order valence-electron chi connectivity index (χ3n) is 1.90. The predicted octanol–water partition coefficient (Wildman–Crippen LogP) is 0.271. The fraction of sp³-hybridized carbons (Fsp3) is 0.333. The second-order valence-electron chi connectivity index (χ2n) is 2.79. The summed E-state index contributed by atoms with van der Waals surface area (Å²) in [5, 5.41) is 0. The Morgan fingerprint density at radius 2 is 1.50 bits per heavy atom. The Balaban J connectivity index is 3.22. The van der Waals surface area contributed by atoms with Gasteiger partial charge in [0.1, 0.15) is 19.3 Å². The molecule has 0 saturated carbocycles. The molecule has 2 nitrogen and oxygen atoms in total. The summed E-state index contributed by atoms with van der Waals surface area (Å²) in [5.41, 5.74) is 2.19. The van der Waals surface area contributed by atoms with Gasteiger partial charge in [0.25, 0.3) is 0 Å². The number of rotatable bonds is 2. The molecule has 0 amide bonds. The molecule has 1 rings (SSSR count). The van der Waals surface area contributed by atoms with Crippen LogP contribution in [0.3, 0.4) is 0 Å². The van der Waals surface area contributed by atoms with Crippen LogP contribution in [-0.2, 0) is 0 Å². The van der Waals surface area contributed by atoms with E-state index in [9.17, 15) is 0 Å². The minimum Gasteiger partial charge on any atom is -0.497 e. The smallest absolute Gasteiger partial charge is 0.149 e. The Morgan fingerprint density at radius 1 is 1.08 bits per heavy atom. The molecular formula is C9H13BO2. The van der Waals surface area contributed by atoms with Gasteiger partial charge in [0, 0.05) is 0 Å². The van der Waals surface area contributed by atoms with Gasteiger partial charge >= 0.3 is 0 Å². The van der Waals surface area contributed by atoms with Crippen LogP contribution >= 0.6 is 0 Å². The molecule has 0 saturated heterocycles. The van der Waals surface area contributed by atoms with Crippen molar-refractivity contribution >= 4 is 13.3 Å². The number of benzene rings is 1. The molecule has 64 valence electrons. The van der Waals surface area contributed by atoms with Gasteiger partial charge in [0.15, 0.2) is 0 Å². The van der Waals surface area contributed by atoms with Crippen LogP contribution in [0.25, 0.3) is 0 Å². The van der Waals surface area contributed by atoms with Crippen LogP contribution in [0, 0.1) is 6.92 Å². The van der Waals surface area contributed by atoms with Crippen molar-refractivity contribution in [1.29, 1.82) is 0 Å². The molecule has 3 heteroatoms. The van der Waals surface area contributed by atoms with E-state index in [2.05, 4.69) is 0 Å². The van der Waals surface area contributed by atoms with Gasteiger partial charge < -0.3 is 9.47 Å². The summed E-state index contributed by atoms with van der Waals surface area (Å²) in [4.78, 5) is 0. The van der Waals surface area contributed by atoms with Crippen molar-refractivity contribution in [2.24, 2.45) is 0 Å².